The molecule has 1 atom stereocenters. The number of nitrogens with zero attached hydrogens (tertiary/aromatic N) is 2. The van der Waals surface area contributed by atoms with Crippen LogP contribution < -0.4 is 15.0 Å². The van der Waals surface area contributed by atoms with Gasteiger partial charge in [0.1, 0.15) is 22.2 Å². The first-order valence-corrected chi connectivity index (χ1v) is 11.3. The molecule has 1 heterocycles. The highest BCUT2D eigenvalue weighted by molar-refractivity contribution is 7.09. The molecule has 32 heavy (non-hydrogen) atoms. The molecule has 0 saturated carbocycles. The fourth-order valence-corrected chi connectivity index (χ4v) is 4.12. The van der Waals surface area contributed by atoms with Crippen LogP contribution in [0.5, 0.6) is 11.5 Å². The number of nitrogens with one attached hydrogen (secondary N) is 1. The van der Waals surface area contributed by atoms with Gasteiger partial charge in [-0.3, -0.25) is 14.5 Å². The molecule has 0 radical (unpaired) electrons. The van der Waals surface area contributed by atoms with E-state index >= 15 is 0 Å². The van der Waals surface area contributed by atoms with Crippen LogP contribution in [0.2, 0.25) is 0 Å². The number of rotatable bonds is 11. The molecule has 7 nitrogen and oxygen atoms in total. The number of methoxy groups -OCH3 is 2. The lowest BCUT2D eigenvalue weighted by atomic mass is 10.1. The Morgan fingerprint density at radius 3 is 2.59 bits per heavy atom. The zero-order valence-corrected chi connectivity index (χ0v) is 19.6. The monoisotopic (exact) mass is 455 g/mol. The Hall–Kier alpha value is -2.94. The first-order chi connectivity index (χ1) is 15.5. The number of thiazole rings is 1. The molecule has 0 spiro atoms. The van der Waals surface area contributed by atoms with Gasteiger partial charge in [0.2, 0.25) is 0 Å². The average Bonchev–Trinajstić information content (AvgIpc) is 3.31. The van der Waals surface area contributed by atoms with Crippen LogP contribution in [0.4, 0.5) is 0 Å². The van der Waals surface area contributed by atoms with Gasteiger partial charge < -0.3 is 9.47 Å². The molecule has 1 aromatic heterocycles. The molecule has 0 bridgehead atoms. The lowest BCUT2D eigenvalue weighted by Gasteiger charge is -2.29. The first-order valence-electron chi connectivity index (χ1n) is 10.4. The van der Waals surface area contributed by atoms with E-state index in [9.17, 15) is 4.79 Å². The van der Waals surface area contributed by atoms with Gasteiger partial charge in [0.25, 0.3) is 5.91 Å². The molecule has 3 aromatic rings. The molecule has 0 aliphatic carbocycles. The average molecular weight is 456 g/mol. The highest BCUT2D eigenvalue weighted by atomic mass is 32.1. The summed E-state index contributed by atoms with van der Waals surface area (Å²) >= 11 is 1.46. The van der Waals surface area contributed by atoms with Gasteiger partial charge in [-0.05, 0) is 25.5 Å². The maximum atomic E-state index is 12.2. The van der Waals surface area contributed by atoms with Crippen LogP contribution in [0, 0.1) is 0 Å². The Labute approximate surface area is 192 Å². The summed E-state index contributed by atoms with van der Waals surface area (Å²) < 4.78 is 10.9. The maximum absolute atomic E-state index is 12.2. The third-order valence-electron chi connectivity index (χ3n) is 5.13. The Kier molecular flexibility index (Phi) is 8.61. The number of amides is 1. The number of benzene rings is 2. The van der Waals surface area contributed by atoms with Crippen molar-refractivity contribution >= 4 is 17.2 Å². The third-order valence-corrected chi connectivity index (χ3v) is 5.96. The molecule has 3 rings (SSSR count). The SMILES string of the molecule is CCONC(=O)c1csc(CN(Cc2ccc(OC)cc2OC)C(C)c2ccccc2)n1. The molecular formula is C24H29N3O4S. The fourth-order valence-electron chi connectivity index (χ4n) is 3.32. The van der Waals surface area contributed by atoms with Crippen molar-refractivity contribution in [1.29, 1.82) is 0 Å². The number of hydrogen-bond donors (Lipinski definition) is 1. The molecule has 170 valence electrons. The minimum Gasteiger partial charge on any atom is -0.497 e. The van der Waals surface area contributed by atoms with E-state index in [0.29, 0.717) is 25.4 Å². The normalized spacial score (nSPS) is 11.9. The van der Waals surface area contributed by atoms with Crippen LogP contribution in [-0.2, 0) is 17.9 Å². The van der Waals surface area contributed by atoms with E-state index in [-0.39, 0.29) is 11.9 Å². The van der Waals surface area contributed by atoms with E-state index in [1.807, 2.05) is 43.3 Å². The van der Waals surface area contributed by atoms with Crippen LogP contribution in [-0.4, -0.2) is 36.6 Å². The van der Waals surface area contributed by atoms with Crippen LogP contribution in [0.3, 0.4) is 0 Å². The van der Waals surface area contributed by atoms with Gasteiger partial charge in [-0.2, -0.15) is 0 Å². The molecule has 1 amide bonds. The predicted octanol–water partition coefficient (Wildman–Crippen LogP) is 4.61. The summed E-state index contributed by atoms with van der Waals surface area (Å²) in [5.74, 6) is 1.18. The molecule has 8 heteroatoms. The standard InChI is InChI=1S/C24H29N3O4S/c1-5-31-26-24(28)21-16-32-23(25-21)15-27(17(2)18-9-7-6-8-10-18)14-19-11-12-20(29-3)13-22(19)30-4/h6-13,16-17H,5,14-15H2,1-4H3,(H,26,28). The third kappa shape index (κ3) is 6.06. The number of carbonyl (C=O) groups excluding carboxylic acids is 1. The Morgan fingerprint density at radius 2 is 1.91 bits per heavy atom. The van der Waals surface area contributed by atoms with Crippen molar-refractivity contribution in [3.05, 3.63) is 75.7 Å². The number of ether oxygens (including phenoxy) is 2. The molecule has 0 aliphatic heterocycles. The zero-order valence-electron chi connectivity index (χ0n) is 18.8. The van der Waals surface area contributed by atoms with Crippen molar-refractivity contribution < 1.29 is 19.1 Å². The minimum atomic E-state index is -0.339. The van der Waals surface area contributed by atoms with E-state index in [1.165, 1.54) is 16.9 Å². The molecule has 2 aromatic carbocycles. The van der Waals surface area contributed by atoms with Gasteiger partial charge in [-0.15, -0.1) is 11.3 Å². The van der Waals surface area contributed by atoms with Crippen LogP contribution >= 0.6 is 11.3 Å². The predicted molar refractivity (Wildman–Crippen MR) is 125 cm³/mol. The van der Waals surface area contributed by atoms with Gasteiger partial charge in [-0.25, -0.2) is 10.5 Å². The molecule has 0 fully saturated rings. The summed E-state index contributed by atoms with van der Waals surface area (Å²) in [5.41, 5.74) is 4.99. The van der Waals surface area contributed by atoms with Crippen molar-refractivity contribution in [1.82, 2.24) is 15.4 Å². The second-order valence-electron chi connectivity index (χ2n) is 7.16. The largest absolute Gasteiger partial charge is 0.497 e. The number of hydrogen-bond acceptors (Lipinski definition) is 7. The van der Waals surface area contributed by atoms with Gasteiger partial charge in [0.15, 0.2) is 0 Å². The molecule has 1 unspecified atom stereocenters. The molecule has 1 N–H and O–H groups in total. The van der Waals surface area contributed by atoms with Crippen LogP contribution in [0.25, 0.3) is 0 Å². The van der Waals surface area contributed by atoms with E-state index in [1.54, 1.807) is 19.6 Å². The minimum absolute atomic E-state index is 0.118. The van der Waals surface area contributed by atoms with Gasteiger partial charge in [-0.1, -0.05) is 36.4 Å². The summed E-state index contributed by atoms with van der Waals surface area (Å²) in [5, 5.41) is 2.60. The maximum Gasteiger partial charge on any atom is 0.294 e. The fraction of sp³-hybridized carbons (Fsp3) is 0.333. The first kappa shape index (κ1) is 23.7. The molecular weight excluding hydrogens is 426 g/mol. The summed E-state index contributed by atoms with van der Waals surface area (Å²) in [4.78, 5) is 24.0. The number of hydroxylamine groups is 1. The summed E-state index contributed by atoms with van der Waals surface area (Å²) in [6, 6.07) is 16.3. The zero-order chi connectivity index (χ0) is 22.9. The van der Waals surface area contributed by atoms with Crippen molar-refractivity contribution in [2.24, 2.45) is 0 Å². The Bertz CT molecular complexity index is 1010. The number of aromatic nitrogens is 1. The van der Waals surface area contributed by atoms with E-state index in [4.69, 9.17) is 14.3 Å². The highest BCUT2D eigenvalue weighted by Crippen LogP contribution is 2.30. The lowest BCUT2D eigenvalue weighted by Crippen LogP contribution is -2.27. The second kappa shape index (κ2) is 11.6. The smallest absolute Gasteiger partial charge is 0.294 e. The summed E-state index contributed by atoms with van der Waals surface area (Å²) in [6.07, 6.45) is 0. The van der Waals surface area contributed by atoms with E-state index in [2.05, 4.69) is 34.4 Å². The van der Waals surface area contributed by atoms with E-state index < -0.39 is 0 Å². The molecule has 0 saturated heterocycles. The highest BCUT2D eigenvalue weighted by Gasteiger charge is 2.21. The van der Waals surface area contributed by atoms with Crippen LogP contribution in [0.1, 0.15) is 46.5 Å². The number of carbonyl (C=O) groups is 1. The summed E-state index contributed by atoms with van der Waals surface area (Å²) in [7, 11) is 3.30. The van der Waals surface area contributed by atoms with Crippen molar-refractivity contribution in [3.63, 3.8) is 0 Å². The molecule has 0 aliphatic rings. The quantitative estimate of drug-likeness (QED) is 0.426. The summed E-state index contributed by atoms with van der Waals surface area (Å²) in [6.45, 7) is 5.60. The Morgan fingerprint density at radius 1 is 1.12 bits per heavy atom. The Balaban J connectivity index is 1.85. The van der Waals surface area contributed by atoms with Crippen molar-refractivity contribution in [3.8, 4) is 11.5 Å². The van der Waals surface area contributed by atoms with E-state index in [0.717, 1.165) is 22.1 Å². The lowest BCUT2D eigenvalue weighted by molar-refractivity contribution is 0.0360. The van der Waals surface area contributed by atoms with Gasteiger partial charge in [0, 0.05) is 29.6 Å². The van der Waals surface area contributed by atoms with Gasteiger partial charge >= 0.3 is 0 Å². The second-order valence-corrected chi connectivity index (χ2v) is 8.10. The van der Waals surface area contributed by atoms with Crippen LogP contribution in [0.15, 0.2) is 53.9 Å². The van der Waals surface area contributed by atoms with Crippen molar-refractivity contribution in [2.45, 2.75) is 33.0 Å². The topological polar surface area (TPSA) is 72.9 Å². The van der Waals surface area contributed by atoms with Crippen molar-refractivity contribution in [2.75, 3.05) is 20.8 Å². The van der Waals surface area contributed by atoms with Gasteiger partial charge in [0.05, 0.1) is 27.4 Å².